The maximum Gasteiger partial charge on any atom is 0.142 e. The summed E-state index contributed by atoms with van der Waals surface area (Å²) < 4.78 is 13.7. The van der Waals surface area contributed by atoms with E-state index in [-0.39, 0.29) is 5.02 Å². The van der Waals surface area contributed by atoms with Crippen LogP contribution in [0.5, 0.6) is 0 Å². The summed E-state index contributed by atoms with van der Waals surface area (Å²) in [5, 5.41) is 0.796. The van der Waals surface area contributed by atoms with Gasteiger partial charge in [0.15, 0.2) is 0 Å². The third-order valence-electron chi connectivity index (χ3n) is 3.67. The Bertz CT molecular complexity index is 604. The molecular weight excluding hydrogens is 294 g/mol. The zero-order chi connectivity index (χ0) is 14.7. The van der Waals surface area contributed by atoms with Crippen molar-refractivity contribution >= 4 is 23.2 Å². The maximum absolute atomic E-state index is 13.7. The fourth-order valence-electron chi connectivity index (χ4n) is 2.53. The van der Waals surface area contributed by atoms with Crippen LogP contribution in [0.1, 0.15) is 38.2 Å². The van der Waals surface area contributed by atoms with E-state index >= 15 is 0 Å². The Morgan fingerprint density at radius 3 is 2.30 bits per heavy atom. The van der Waals surface area contributed by atoms with E-state index in [2.05, 4.69) is 13.8 Å². The van der Waals surface area contributed by atoms with E-state index in [1.165, 1.54) is 11.6 Å². The van der Waals surface area contributed by atoms with Gasteiger partial charge in [-0.15, -0.1) is 0 Å². The first-order valence-electron chi connectivity index (χ1n) is 6.81. The standard InChI is InChI=1S/C17H17Cl2F/c1-3-11(4-2)14-7-6-13(18)10-15(14)12-5-8-16(19)17(20)9-12/h5-11H,3-4H2,1-2H3. The Morgan fingerprint density at radius 2 is 1.70 bits per heavy atom. The lowest BCUT2D eigenvalue weighted by molar-refractivity contribution is 0.628. The molecule has 0 aliphatic rings. The largest absolute Gasteiger partial charge is 0.205 e. The minimum atomic E-state index is -0.403. The molecule has 2 aromatic carbocycles. The molecule has 0 saturated heterocycles. The predicted octanol–water partition coefficient (Wildman–Crippen LogP) is 6.70. The molecular formula is C17H17Cl2F. The van der Waals surface area contributed by atoms with Crippen LogP contribution < -0.4 is 0 Å². The van der Waals surface area contributed by atoms with Crippen LogP contribution in [-0.4, -0.2) is 0 Å². The predicted molar refractivity (Wildman–Crippen MR) is 85.2 cm³/mol. The van der Waals surface area contributed by atoms with Crippen LogP contribution in [0.3, 0.4) is 0 Å². The molecule has 0 heterocycles. The Morgan fingerprint density at radius 1 is 1.00 bits per heavy atom. The Labute approximate surface area is 129 Å². The minimum Gasteiger partial charge on any atom is -0.205 e. The van der Waals surface area contributed by atoms with E-state index in [4.69, 9.17) is 23.2 Å². The van der Waals surface area contributed by atoms with Gasteiger partial charge in [0.25, 0.3) is 0 Å². The molecule has 20 heavy (non-hydrogen) atoms. The van der Waals surface area contributed by atoms with Gasteiger partial charge in [-0.1, -0.05) is 49.2 Å². The molecule has 0 aliphatic carbocycles. The zero-order valence-electron chi connectivity index (χ0n) is 11.6. The van der Waals surface area contributed by atoms with E-state index in [9.17, 15) is 4.39 Å². The van der Waals surface area contributed by atoms with E-state index in [0.29, 0.717) is 10.9 Å². The molecule has 2 rings (SSSR count). The first kappa shape index (κ1) is 15.3. The summed E-state index contributed by atoms with van der Waals surface area (Å²) in [5.74, 6) is 0.0423. The smallest absolute Gasteiger partial charge is 0.142 e. The molecule has 0 nitrogen and oxygen atoms in total. The first-order valence-corrected chi connectivity index (χ1v) is 7.57. The van der Waals surface area contributed by atoms with Gasteiger partial charge in [0.2, 0.25) is 0 Å². The average Bonchev–Trinajstić information content (AvgIpc) is 2.44. The van der Waals surface area contributed by atoms with Crippen molar-refractivity contribution in [1.82, 2.24) is 0 Å². The normalized spacial score (nSPS) is 11.1. The van der Waals surface area contributed by atoms with Crippen molar-refractivity contribution in [2.45, 2.75) is 32.6 Å². The van der Waals surface area contributed by atoms with Gasteiger partial charge in [-0.05, 0) is 59.7 Å². The first-order chi connectivity index (χ1) is 9.56. The molecule has 3 heteroatoms. The molecule has 0 N–H and O–H groups in total. The van der Waals surface area contributed by atoms with Gasteiger partial charge < -0.3 is 0 Å². The molecule has 0 saturated carbocycles. The number of halogens is 3. The zero-order valence-corrected chi connectivity index (χ0v) is 13.1. The second-order valence-electron chi connectivity index (χ2n) is 4.87. The third-order valence-corrected chi connectivity index (χ3v) is 4.21. The van der Waals surface area contributed by atoms with Crippen molar-refractivity contribution < 1.29 is 4.39 Å². The fraction of sp³-hybridized carbons (Fsp3) is 0.294. The van der Waals surface area contributed by atoms with Crippen LogP contribution in [0.15, 0.2) is 36.4 Å². The van der Waals surface area contributed by atoms with Crippen molar-refractivity contribution in [2.75, 3.05) is 0 Å². The van der Waals surface area contributed by atoms with Crippen molar-refractivity contribution in [3.05, 3.63) is 57.8 Å². The van der Waals surface area contributed by atoms with Gasteiger partial charge >= 0.3 is 0 Å². The summed E-state index contributed by atoms with van der Waals surface area (Å²) in [6.07, 6.45) is 2.09. The summed E-state index contributed by atoms with van der Waals surface area (Å²) in [6.45, 7) is 4.32. The van der Waals surface area contributed by atoms with Gasteiger partial charge in [0.1, 0.15) is 5.82 Å². The molecule has 0 atom stereocenters. The van der Waals surface area contributed by atoms with Crippen LogP contribution in [0.4, 0.5) is 4.39 Å². The molecule has 0 bridgehead atoms. The molecule has 0 aliphatic heterocycles. The molecule has 0 spiro atoms. The van der Waals surface area contributed by atoms with Crippen molar-refractivity contribution in [3.8, 4) is 11.1 Å². The lowest BCUT2D eigenvalue weighted by Gasteiger charge is -2.18. The Hall–Kier alpha value is -1.05. The number of benzene rings is 2. The number of rotatable bonds is 4. The van der Waals surface area contributed by atoms with Gasteiger partial charge in [0.05, 0.1) is 5.02 Å². The fourth-order valence-corrected chi connectivity index (χ4v) is 2.82. The Kier molecular flexibility index (Phi) is 5.06. The molecule has 0 fully saturated rings. The highest BCUT2D eigenvalue weighted by Crippen LogP contribution is 2.35. The third kappa shape index (κ3) is 3.16. The van der Waals surface area contributed by atoms with Crippen LogP contribution in [0, 0.1) is 5.82 Å². The van der Waals surface area contributed by atoms with Gasteiger partial charge in [-0.2, -0.15) is 0 Å². The lowest BCUT2D eigenvalue weighted by atomic mass is 9.87. The van der Waals surface area contributed by atoms with Gasteiger partial charge in [0, 0.05) is 5.02 Å². The van der Waals surface area contributed by atoms with Gasteiger partial charge in [-0.25, -0.2) is 4.39 Å². The van der Waals surface area contributed by atoms with Gasteiger partial charge in [-0.3, -0.25) is 0 Å². The van der Waals surface area contributed by atoms with E-state index in [1.807, 2.05) is 24.3 Å². The second-order valence-corrected chi connectivity index (χ2v) is 5.72. The topological polar surface area (TPSA) is 0 Å². The molecule has 2 aromatic rings. The van der Waals surface area contributed by atoms with Crippen LogP contribution in [0.25, 0.3) is 11.1 Å². The monoisotopic (exact) mass is 310 g/mol. The van der Waals surface area contributed by atoms with Crippen LogP contribution >= 0.6 is 23.2 Å². The van der Waals surface area contributed by atoms with Crippen molar-refractivity contribution in [2.24, 2.45) is 0 Å². The molecule has 0 radical (unpaired) electrons. The van der Waals surface area contributed by atoms with Crippen LogP contribution in [0.2, 0.25) is 10.0 Å². The molecule has 0 amide bonds. The summed E-state index contributed by atoms with van der Waals surface area (Å²) in [6, 6.07) is 10.7. The molecule has 0 aromatic heterocycles. The highest BCUT2D eigenvalue weighted by Gasteiger charge is 2.14. The highest BCUT2D eigenvalue weighted by atomic mass is 35.5. The quantitative estimate of drug-likeness (QED) is 0.589. The highest BCUT2D eigenvalue weighted by molar-refractivity contribution is 6.31. The van der Waals surface area contributed by atoms with E-state index in [0.717, 1.165) is 24.0 Å². The van der Waals surface area contributed by atoms with E-state index in [1.54, 1.807) is 6.07 Å². The lowest BCUT2D eigenvalue weighted by Crippen LogP contribution is -1.99. The summed E-state index contributed by atoms with van der Waals surface area (Å²) in [5.41, 5.74) is 3.01. The summed E-state index contributed by atoms with van der Waals surface area (Å²) >= 11 is 11.9. The maximum atomic E-state index is 13.7. The van der Waals surface area contributed by atoms with Crippen molar-refractivity contribution in [3.63, 3.8) is 0 Å². The van der Waals surface area contributed by atoms with Crippen LogP contribution in [-0.2, 0) is 0 Å². The summed E-state index contributed by atoms with van der Waals surface area (Å²) in [7, 11) is 0. The van der Waals surface area contributed by atoms with Crippen molar-refractivity contribution in [1.29, 1.82) is 0 Å². The SMILES string of the molecule is CCC(CC)c1ccc(Cl)cc1-c1ccc(Cl)c(F)c1. The number of hydrogen-bond donors (Lipinski definition) is 0. The Balaban J connectivity index is 2.59. The molecule has 0 unspecified atom stereocenters. The number of hydrogen-bond acceptors (Lipinski definition) is 0. The van der Waals surface area contributed by atoms with E-state index < -0.39 is 5.82 Å². The molecule has 106 valence electrons. The summed E-state index contributed by atoms with van der Waals surface area (Å²) in [4.78, 5) is 0. The minimum absolute atomic E-state index is 0.139. The average molecular weight is 311 g/mol. The second kappa shape index (κ2) is 6.60.